The fourth-order valence-corrected chi connectivity index (χ4v) is 2.90. The third-order valence-corrected chi connectivity index (χ3v) is 4.03. The molecule has 1 fully saturated rings. The molecule has 6 heteroatoms. The molecule has 0 aromatic carbocycles. The SMILES string of the molecule is O=C(c1nccs1)N1CCC(n2cccn2)CC1. The van der Waals surface area contributed by atoms with E-state index in [-0.39, 0.29) is 5.91 Å². The van der Waals surface area contributed by atoms with Gasteiger partial charge in [0.15, 0.2) is 5.01 Å². The molecule has 0 atom stereocenters. The molecule has 2 aromatic heterocycles. The van der Waals surface area contributed by atoms with Gasteiger partial charge in [-0.25, -0.2) is 4.98 Å². The zero-order chi connectivity index (χ0) is 12.4. The molecule has 0 bridgehead atoms. The molecule has 2 aromatic rings. The van der Waals surface area contributed by atoms with Crippen LogP contribution in [0.15, 0.2) is 30.0 Å². The van der Waals surface area contributed by atoms with Crippen molar-refractivity contribution in [2.24, 2.45) is 0 Å². The first-order valence-corrected chi connectivity index (χ1v) is 6.90. The number of carbonyl (C=O) groups is 1. The molecule has 1 aliphatic rings. The monoisotopic (exact) mass is 262 g/mol. The van der Waals surface area contributed by atoms with Gasteiger partial charge in [0.2, 0.25) is 0 Å². The number of hydrogen-bond acceptors (Lipinski definition) is 4. The molecule has 5 nitrogen and oxygen atoms in total. The fraction of sp³-hybridized carbons (Fsp3) is 0.417. The summed E-state index contributed by atoms with van der Waals surface area (Å²) in [4.78, 5) is 18.1. The van der Waals surface area contributed by atoms with Gasteiger partial charge < -0.3 is 4.90 Å². The Morgan fingerprint density at radius 2 is 2.17 bits per heavy atom. The summed E-state index contributed by atoms with van der Waals surface area (Å²) in [6.07, 6.45) is 7.38. The highest BCUT2D eigenvalue weighted by atomic mass is 32.1. The number of hydrogen-bond donors (Lipinski definition) is 0. The van der Waals surface area contributed by atoms with Crippen LogP contribution >= 0.6 is 11.3 Å². The molecule has 0 radical (unpaired) electrons. The molecule has 0 aliphatic carbocycles. The van der Waals surface area contributed by atoms with E-state index in [0.717, 1.165) is 25.9 Å². The minimum absolute atomic E-state index is 0.0592. The maximum Gasteiger partial charge on any atom is 0.282 e. The van der Waals surface area contributed by atoms with Gasteiger partial charge in [0.1, 0.15) is 0 Å². The van der Waals surface area contributed by atoms with Gasteiger partial charge in [-0.2, -0.15) is 5.10 Å². The molecule has 1 amide bonds. The number of rotatable bonds is 2. The number of piperidine rings is 1. The van der Waals surface area contributed by atoms with Crippen LogP contribution in [0.4, 0.5) is 0 Å². The van der Waals surface area contributed by atoms with Crippen molar-refractivity contribution in [2.75, 3.05) is 13.1 Å². The lowest BCUT2D eigenvalue weighted by Gasteiger charge is -2.31. The van der Waals surface area contributed by atoms with Crippen LogP contribution in [0.25, 0.3) is 0 Å². The maximum atomic E-state index is 12.1. The highest BCUT2D eigenvalue weighted by Gasteiger charge is 2.25. The quantitative estimate of drug-likeness (QED) is 0.829. The van der Waals surface area contributed by atoms with Crippen molar-refractivity contribution in [3.05, 3.63) is 35.0 Å². The van der Waals surface area contributed by atoms with Crippen molar-refractivity contribution in [3.8, 4) is 0 Å². The number of carbonyl (C=O) groups excluding carboxylic acids is 1. The molecule has 94 valence electrons. The third kappa shape index (κ3) is 2.15. The molecule has 18 heavy (non-hydrogen) atoms. The summed E-state index contributed by atoms with van der Waals surface area (Å²) in [5.74, 6) is 0.0592. The highest BCUT2D eigenvalue weighted by molar-refractivity contribution is 7.11. The molecule has 0 unspecified atom stereocenters. The predicted octanol–water partition coefficient (Wildman–Crippen LogP) is 1.82. The first kappa shape index (κ1) is 11.4. The first-order chi connectivity index (χ1) is 8.84. The van der Waals surface area contributed by atoms with Crippen LogP contribution < -0.4 is 0 Å². The van der Waals surface area contributed by atoms with Gasteiger partial charge in [-0.3, -0.25) is 9.48 Å². The van der Waals surface area contributed by atoms with Crippen LogP contribution in [0.1, 0.15) is 28.7 Å². The van der Waals surface area contributed by atoms with Gasteiger partial charge in [0.25, 0.3) is 5.91 Å². The summed E-state index contributed by atoms with van der Waals surface area (Å²) in [6.45, 7) is 1.56. The Labute approximate surface area is 109 Å². The lowest BCUT2D eigenvalue weighted by atomic mass is 10.1. The lowest BCUT2D eigenvalue weighted by Crippen LogP contribution is -2.39. The van der Waals surface area contributed by atoms with Crippen LogP contribution in [-0.4, -0.2) is 38.7 Å². The molecule has 1 aliphatic heterocycles. The summed E-state index contributed by atoms with van der Waals surface area (Å²) in [7, 11) is 0. The van der Waals surface area contributed by atoms with E-state index in [1.807, 2.05) is 27.2 Å². The largest absolute Gasteiger partial charge is 0.336 e. The van der Waals surface area contributed by atoms with Crippen molar-refractivity contribution in [1.82, 2.24) is 19.7 Å². The van der Waals surface area contributed by atoms with Gasteiger partial charge >= 0.3 is 0 Å². The molecule has 0 N–H and O–H groups in total. The summed E-state index contributed by atoms with van der Waals surface area (Å²) in [6, 6.07) is 2.35. The Kier molecular flexibility index (Phi) is 3.10. The Bertz CT molecular complexity index is 500. The van der Waals surface area contributed by atoms with E-state index in [2.05, 4.69) is 10.1 Å². The first-order valence-electron chi connectivity index (χ1n) is 6.02. The average molecular weight is 262 g/mol. The zero-order valence-electron chi connectivity index (χ0n) is 9.90. The van der Waals surface area contributed by atoms with Gasteiger partial charge in [-0.05, 0) is 18.9 Å². The van der Waals surface area contributed by atoms with Crippen molar-refractivity contribution in [3.63, 3.8) is 0 Å². The van der Waals surface area contributed by atoms with Crippen LogP contribution in [0.2, 0.25) is 0 Å². The summed E-state index contributed by atoms with van der Waals surface area (Å²) in [5.41, 5.74) is 0. The zero-order valence-corrected chi connectivity index (χ0v) is 10.7. The Morgan fingerprint density at radius 1 is 1.33 bits per heavy atom. The molecular formula is C12H14N4OS. The average Bonchev–Trinajstić information content (AvgIpc) is 3.11. The van der Waals surface area contributed by atoms with E-state index >= 15 is 0 Å². The smallest absolute Gasteiger partial charge is 0.282 e. The van der Waals surface area contributed by atoms with Crippen LogP contribution in [0.3, 0.4) is 0 Å². The second-order valence-corrected chi connectivity index (χ2v) is 5.24. The Hall–Kier alpha value is -1.69. The second kappa shape index (κ2) is 4.89. The van der Waals surface area contributed by atoms with Gasteiger partial charge in [-0.15, -0.1) is 11.3 Å². The van der Waals surface area contributed by atoms with E-state index in [9.17, 15) is 4.79 Å². The summed E-state index contributed by atoms with van der Waals surface area (Å²) >= 11 is 1.40. The van der Waals surface area contributed by atoms with E-state index in [1.165, 1.54) is 11.3 Å². The van der Waals surface area contributed by atoms with Crippen LogP contribution in [0, 0.1) is 0 Å². The molecule has 0 saturated carbocycles. The maximum absolute atomic E-state index is 12.1. The topological polar surface area (TPSA) is 51.0 Å². The molecular weight excluding hydrogens is 248 g/mol. The van der Waals surface area contributed by atoms with Gasteiger partial charge in [0, 0.05) is 37.1 Å². The number of nitrogens with zero attached hydrogens (tertiary/aromatic N) is 4. The van der Waals surface area contributed by atoms with Crippen molar-refractivity contribution < 1.29 is 4.79 Å². The summed E-state index contributed by atoms with van der Waals surface area (Å²) in [5, 5.41) is 6.69. The molecule has 3 rings (SSSR count). The highest BCUT2D eigenvalue weighted by Crippen LogP contribution is 2.22. The second-order valence-electron chi connectivity index (χ2n) is 4.35. The number of amides is 1. The van der Waals surface area contributed by atoms with Crippen LogP contribution in [-0.2, 0) is 0 Å². The fourth-order valence-electron chi connectivity index (χ4n) is 2.29. The predicted molar refractivity (Wildman–Crippen MR) is 68.5 cm³/mol. The van der Waals surface area contributed by atoms with Gasteiger partial charge in [0.05, 0.1) is 6.04 Å². The minimum atomic E-state index is 0.0592. The van der Waals surface area contributed by atoms with Crippen molar-refractivity contribution in [1.29, 1.82) is 0 Å². The third-order valence-electron chi connectivity index (χ3n) is 3.27. The number of thiazole rings is 1. The normalized spacial score (nSPS) is 17.0. The Balaban J connectivity index is 1.62. The number of aromatic nitrogens is 3. The van der Waals surface area contributed by atoms with Crippen LogP contribution in [0.5, 0.6) is 0 Å². The Morgan fingerprint density at radius 3 is 2.78 bits per heavy atom. The van der Waals surface area contributed by atoms with Crippen molar-refractivity contribution in [2.45, 2.75) is 18.9 Å². The molecule has 0 spiro atoms. The molecule has 3 heterocycles. The van der Waals surface area contributed by atoms with Gasteiger partial charge in [-0.1, -0.05) is 0 Å². The van der Waals surface area contributed by atoms with E-state index in [1.54, 1.807) is 12.4 Å². The molecule has 1 saturated heterocycles. The van der Waals surface area contributed by atoms with E-state index < -0.39 is 0 Å². The van der Waals surface area contributed by atoms with Crippen molar-refractivity contribution >= 4 is 17.2 Å². The lowest BCUT2D eigenvalue weighted by molar-refractivity contribution is 0.0689. The van der Waals surface area contributed by atoms with E-state index in [0.29, 0.717) is 11.0 Å². The number of likely N-dealkylation sites (tertiary alicyclic amines) is 1. The van der Waals surface area contributed by atoms with E-state index in [4.69, 9.17) is 0 Å². The summed E-state index contributed by atoms with van der Waals surface area (Å²) < 4.78 is 1.99. The standard InChI is InChI=1S/C12H14N4OS/c17-12(11-13-5-9-18-11)15-7-2-10(3-8-15)16-6-1-4-14-16/h1,4-6,9-10H,2-3,7-8H2. The minimum Gasteiger partial charge on any atom is -0.336 e.